The van der Waals surface area contributed by atoms with E-state index in [-0.39, 0.29) is 12.5 Å². The molecule has 0 aliphatic rings. The minimum atomic E-state index is -0.529. The molecule has 2 amide bonds. The van der Waals surface area contributed by atoms with Crippen LogP contribution in [0.15, 0.2) is 84.9 Å². The molecule has 1 aromatic heterocycles. The fraction of sp³-hybridized carbons (Fsp3) is 0.0435. The van der Waals surface area contributed by atoms with Crippen molar-refractivity contribution in [2.45, 2.75) is 6.54 Å². The minimum absolute atomic E-state index is 0.151. The van der Waals surface area contributed by atoms with Crippen LogP contribution in [0.5, 0.6) is 0 Å². The molecule has 0 saturated heterocycles. The molecular formula is C23H19N3O2. The fourth-order valence-electron chi connectivity index (χ4n) is 3.32. The number of benzene rings is 3. The van der Waals surface area contributed by atoms with Crippen molar-refractivity contribution in [1.82, 2.24) is 4.57 Å². The van der Waals surface area contributed by atoms with Gasteiger partial charge in [0, 0.05) is 27.8 Å². The van der Waals surface area contributed by atoms with Crippen LogP contribution in [0.4, 0.5) is 5.69 Å². The van der Waals surface area contributed by atoms with Crippen LogP contribution in [-0.2, 0) is 11.3 Å². The molecule has 0 radical (unpaired) electrons. The number of amides is 2. The van der Waals surface area contributed by atoms with Crippen LogP contribution in [0, 0.1) is 0 Å². The van der Waals surface area contributed by atoms with Gasteiger partial charge in [0.1, 0.15) is 6.54 Å². The van der Waals surface area contributed by atoms with E-state index in [0.717, 1.165) is 22.2 Å². The van der Waals surface area contributed by atoms with Crippen LogP contribution in [0.2, 0.25) is 0 Å². The summed E-state index contributed by atoms with van der Waals surface area (Å²) < 4.78 is 2.00. The molecule has 0 fully saturated rings. The van der Waals surface area contributed by atoms with E-state index in [1.807, 2.05) is 59.2 Å². The van der Waals surface area contributed by atoms with Crippen LogP contribution in [0.1, 0.15) is 10.4 Å². The van der Waals surface area contributed by atoms with Gasteiger partial charge < -0.3 is 15.6 Å². The highest BCUT2D eigenvalue weighted by Gasteiger charge is 2.14. The molecule has 28 heavy (non-hydrogen) atoms. The number of hydrogen-bond donors (Lipinski definition) is 2. The van der Waals surface area contributed by atoms with Gasteiger partial charge in [0.2, 0.25) is 11.8 Å². The van der Waals surface area contributed by atoms with E-state index in [9.17, 15) is 9.59 Å². The normalized spacial score (nSPS) is 10.7. The predicted molar refractivity (Wildman–Crippen MR) is 111 cm³/mol. The number of nitrogens with one attached hydrogen (secondary N) is 1. The van der Waals surface area contributed by atoms with Gasteiger partial charge >= 0.3 is 0 Å². The largest absolute Gasteiger partial charge is 0.366 e. The highest BCUT2D eigenvalue weighted by Crippen LogP contribution is 2.28. The predicted octanol–water partition coefficient (Wildman–Crippen LogP) is 4.05. The first-order valence-electron chi connectivity index (χ1n) is 8.95. The average Bonchev–Trinajstić information content (AvgIpc) is 3.07. The van der Waals surface area contributed by atoms with Gasteiger partial charge in [-0.15, -0.1) is 0 Å². The molecule has 0 saturated carbocycles. The van der Waals surface area contributed by atoms with Crippen molar-refractivity contribution in [3.05, 3.63) is 90.5 Å². The molecule has 5 nitrogen and oxygen atoms in total. The molecule has 0 atom stereocenters. The van der Waals surface area contributed by atoms with Crippen molar-refractivity contribution in [1.29, 1.82) is 0 Å². The smallest absolute Gasteiger partial charge is 0.248 e. The van der Waals surface area contributed by atoms with Gasteiger partial charge in [-0.05, 0) is 35.9 Å². The van der Waals surface area contributed by atoms with Crippen LogP contribution in [0.3, 0.4) is 0 Å². The van der Waals surface area contributed by atoms with Gasteiger partial charge in [-0.1, -0.05) is 54.6 Å². The maximum absolute atomic E-state index is 12.7. The highest BCUT2D eigenvalue weighted by molar-refractivity contribution is 5.97. The van der Waals surface area contributed by atoms with Crippen molar-refractivity contribution in [3.8, 4) is 11.3 Å². The number of nitrogens with zero attached hydrogens (tertiary/aromatic N) is 1. The SMILES string of the molecule is NC(=O)c1cccc(NC(=O)Cn2c(-c3ccccc3)cc3ccccc32)c1. The average molecular weight is 369 g/mol. The van der Waals surface area contributed by atoms with Crippen molar-refractivity contribution < 1.29 is 9.59 Å². The number of hydrogen-bond acceptors (Lipinski definition) is 2. The summed E-state index contributed by atoms with van der Waals surface area (Å²) in [6.45, 7) is 0.151. The summed E-state index contributed by atoms with van der Waals surface area (Å²) in [6.07, 6.45) is 0. The molecule has 5 heteroatoms. The standard InChI is InChI=1S/C23H19N3O2/c24-23(28)18-10-6-11-19(13-18)25-22(27)15-26-20-12-5-4-9-17(20)14-21(26)16-7-2-1-3-8-16/h1-14H,15H2,(H2,24,28)(H,25,27). The maximum atomic E-state index is 12.7. The zero-order valence-electron chi connectivity index (χ0n) is 15.1. The lowest BCUT2D eigenvalue weighted by Crippen LogP contribution is -2.19. The Kier molecular flexibility index (Phi) is 4.64. The number of primary amides is 1. The quantitative estimate of drug-likeness (QED) is 0.557. The summed E-state index contributed by atoms with van der Waals surface area (Å²) in [5, 5.41) is 3.93. The van der Waals surface area contributed by atoms with E-state index >= 15 is 0 Å². The van der Waals surface area contributed by atoms with Crippen molar-refractivity contribution in [3.63, 3.8) is 0 Å². The molecule has 0 spiro atoms. The van der Waals surface area contributed by atoms with E-state index in [1.165, 1.54) is 0 Å². The molecule has 0 aliphatic carbocycles. The molecular weight excluding hydrogens is 350 g/mol. The number of anilines is 1. The number of para-hydroxylation sites is 1. The van der Waals surface area contributed by atoms with E-state index in [1.54, 1.807) is 24.3 Å². The molecule has 0 unspecified atom stereocenters. The molecule has 3 N–H and O–H groups in total. The topological polar surface area (TPSA) is 77.1 Å². The van der Waals surface area contributed by atoms with Crippen molar-refractivity contribution >= 4 is 28.4 Å². The third kappa shape index (κ3) is 3.50. The Balaban J connectivity index is 1.66. The number of carbonyl (C=O) groups is 2. The van der Waals surface area contributed by atoms with Gasteiger partial charge in [0.05, 0.1) is 0 Å². The lowest BCUT2D eigenvalue weighted by molar-refractivity contribution is -0.116. The summed E-state index contributed by atoms with van der Waals surface area (Å²) in [5.74, 6) is -0.709. The van der Waals surface area contributed by atoms with Crippen LogP contribution in [-0.4, -0.2) is 16.4 Å². The van der Waals surface area contributed by atoms with E-state index < -0.39 is 5.91 Å². The summed E-state index contributed by atoms with van der Waals surface area (Å²) in [4.78, 5) is 24.1. The molecule has 3 aromatic carbocycles. The Morgan fingerprint density at radius 2 is 1.61 bits per heavy atom. The number of rotatable bonds is 5. The summed E-state index contributed by atoms with van der Waals surface area (Å²) in [5.41, 5.74) is 9.22. The van der Waals surface area contributed by atoms with Gasteiger partial charge in [-0.3, -0.25) is 9.59 Å². The van der Waals surface area contributed by atoms with Gasteiger partial charge in [0.15, 0.2) is 0 Å². The second kappa shape index (κ2) is 7.40. The van der Waals surface area contributed by atoms with Crippen LogP contribution in [0.25, 0.3) is 22.2 Å². The van der Waals surface area contributed by atoms with Crippen molar-refractivity contribution in [2.24, 2.45) is 5.73 Å². The Bertz CT molecular complexity index is 1160. The second-order valence-electron chi connectivity index (χ2n) is 6.53. The Labute approximate surface area is 162 Å². The Morgan fingerprint density at radius 1 is 0.857 bits per heavy atom. The molecule has 0 bridgehead atoms. The minimum Gasteiger partial charge on any atom is -0.366 e. The number of carbonyl (C=O) groups excluding carboxylic acids is 2. The zero-order valence-corrected chi connectivity index (χ0v) is 15.1. The van der Waals surface area contributed by atoms with Crippen molar-refractivity contribution in [2.75, 3.05) is 5.32 Å². The molecule has 4 rings (SSSR count). The maximum Gasteiger partial charge on any atom is 0.248 e. The Morgan fingerprint density at radius 3 is 2.39 bits per heavy atom. The van der Waals surface area contributed by atoms with E-state index in [0.29, 0.717) is 11.3 Å². The van der Waals surface area contributed by atoms with E-state index in [4.69, 9.17) is 5.73 Å². The lowest BCUT2D eigenvalue weighted by atomic mass is 10.1. The molecule has 138 valence electrons. The zero-order chi connectivity index (χ0) is 19.5. The monoisotopic (exact) mass is 369 g/mol. The summed E-state index contributed by atoms with van der Waals surface area (Å²) >= 11 is 0. The molecule has 0 aliphatic heterocycles. The van der Waals surface area contributed by atoms with Crippen LogP contribution >= 0.6 is 0 Å². The fourth-order valence-corrected chi connectivity index (χ4v) is 3.32. The lowest BCUT2D eigenvalue weighted by Gasteiger charge is -2.12. The highest BCUT2D eigenvalue weighted by atomic mass is 16.2. The third-order valence-electron chi connectivity index (χ3n) is 4.61. The summed E-state index contributed by atoms with van der Waals surface area (Å²) in [6, 6.07) is 26.7. The first-order valence-corrected chi connectivity index (χ1v) is 8.95. The Hall–Kier alpha value is -3.86. The molecule has 4 aromatic rings. The third-order valence-corrected chi connectivity index (χ3v) is 4.61. The second-order valence-corrected chi connectivity index (χ2v) is 6.53. The van der Waals surface area contributed by atoms with Gasteiger partial charge in [-0.2, -0.15) is 0 Å². The number of nitrogens with two attached hydrogens (primary N) is 1. The molecule has 1 heterocycles. The summed E-state index contributed by atoms with van der Waals surface area (Å²) in [7, 11) is 0. The van der Waals surface area contributed by atoms with Gasteiger partial charge in [0.25, 0.3) is 0 Å². The number of aromatic nitrogens is 1. The first-order chi connectivity index (χ1) is 13.6. The number of fused-ring (bicyclic) bond motifs is 1. The van der Waals surface area contributed by atoms with Gasteiger partial charge in [-0.25, -0.2) is 0 Å². The van der Waals surface area contributed by atoms with Crippen LogP contribution < -0.4 is 11.1 Å². The van der Waals surface area contributed by atoms with E-state index in [2.05, 4.69) is 11.4 Å². The first kappa shape index (κ1) is 17.5.